The number of aromatic nitrogens is 2. The van der Waals surface area contributed by atoms with Crippen molar-refractivity contribution in [2.75, 3.05) is 0 Å². The first-order chi connectivity index (χ1) is 16.1. The SMILES string of the molecule is [2H]c1c([2H])c([2H])c2c(c1[2H])B1c3c-2cccc3-n2cnc3c4c(cc1c32)oc1ccccc14. The first kappa shape index (κ1) is 11.3. The summed E-state index contributed by atoms with van der Waals surface area (Å²) in [7, 11) is 0. The van der Waals surface area contributed by atoms with Crippen molar-refractivity contribution in [2.45, 2.75) is 0 Å². The standard InChI is InChI=1S/C25H13BN2O/c1-3-9-17-14(6-1)15-8-5-10-19-23(15)26(17)18-12-21-22(24-25(18)28(19)13-27-24)16-7-2-4-11-20(16)29-21/h1-13H/i1D,3D,6D,9D. The van der Waals surface area contributed by atoms with Crippen LogP contribution in [0.5, 0.6) is 0 Å². The van der Waals surface area contributed by atoms with E-state index in [1.165, 1.54) is 0 Å². The molecule has 4 heteroatoms. The molecule has 29 heavy (non-hydrogen) atoms. The number of imidazole rings is 1. The van der Waals surface area contributed by atoms with Crippen molar-refractivity contribution in [3.63, 3.8) is 0 Å². The lowest BCUT2D eigenvalue weighted by Crippen LogP contribution is -2.53. The molecule has 0 saturated carbocycles. The number of hydrogen-bond acceptors (Lipinski definition) is 2. The van der Waals surface area contributed by atoms with Gasteiger partial charge in [-0.2, -0.15) is 0 Å². The minimum Gasteiger partial charge on any atom is -0.456 e. The summed E-state index contributed by atoms with van der Waals surface area (Å²) in [5, 5.41) is 1.98. The molecule has 0 saturated heterocycles. The molecule has 0 bridgehead atoms. The molecule has 8 rings (SSSR count). The van der Waals surface area contributed by atoms with E-state index in [2.05, 4.69) is 4.57 Å². The Bertz CT molecular complexity index is 1890. The highest BCUT2D eigenvalue weighted by atomic mass is 16.3. The number of furan rings is 1. The third-order valence-corrected chi connectivity index (χ3v) is 6.40. The second-order valence-electron chi connectivity index (χ2n) is 7.71. The average molecular weight is 372 g/mol. The van der Waals surface area contributed by atoms with Crippen LogP contribution in [-0.4, -0.2) is 16.3 Å². The van der Waals surface area contributed by atoms with Gasteiger partial charge >= 0.3 is 0 Å². The third-order valence-electron chi connectivity index (χ3n) is 6.40. The maximum atomic E-state index is 8.77. The van der Waals surface area contributed by atoms with Crippen LogP contribution < -0.4 is 16.4 Å². The molecule has 0 radical (unpaired) electrons. The van der Waals surface area contributed by atoms with Crippen molar-refractivity contribution >= 4 is 56.1 Å². The molecule has 2 aromatic heterocycles. The van der Waals surface area contributed by atoms with E-state index in [0.29, 0.717) is 11.0 Å². The molecule has 0 aliphatic carbocycles. The van der Waals surface area contributed by atoms with Gasteiger partial charge in [0.15, 0.2) is 0 Å². The van der Waals surface area contributed by atoms with Crippen molar-refractivity contribution in [1.29, 1.82) is 0 Å². The fourth-order valence-corrected chi connectivity index (χ4v) is 5.32. The summed E-state index contributed by atoms with van der Waals surface area (Å²) in [5.74, 6) is 0. The Labute approximate surface area is 171 Å². The van der Waals surface area contributed by atoms with Gasteiger partial charge in [-0.25, -0.2) is 4.98 Å². The molecule has 0 N–H and O–H groups in total. The van der Waals surface area contributed by atoms with Gasteiger partial charge in [-0.1, -0.05) is 60.0 Å². The molecule has 0 fully saturated rings. The maximum absolute atomic E-state index is 8.77. The Morgan fingerprint density at radius 2 is 1.86 bits per heavy atom. The predicted octanol–water partition coefficient (Wildman–Crippen LogP) is 3.73. The first-order valence-corrected chi connectivity index (χ1v) is 9.61. The number of rotatable bonds is 0. The summed E-state index contributed by atoms with van der Waals surface area (Å²) in [5.41, 5.74) is 8.35. The van der Waals surface area contributed by atoms with Crippen LogP contribution in [0, 0.1) is 0 Å². The van der Waals surface area contributed by atoms with Gasteiger partial charge in [0.25, 0.3) is 0 Å². The maximum Gasteiger partial charge on any atom is 0.248 e. The Kier molecular flexibility index (Phi) is 1.79. The zero-order valence-electron chi connectivity index (χ0n) is 19.1. The van der Waals surface area contributed by atoms with E-state index in [4.69, 9.17) is 14.9 Å². The highest BCUT2D eigenvalue weighted by Gasteiger charge is 2.40. The number of nitrogens with zero attached hydrogens (tertiary/aromatic N) is 2. The fraction of sp³-hybridized carbons (Fsp3) is 0. The van der Waals surface area contributed by atoms with Crippen LogP contribution in [0.4, 0.5) is 0 Å². The summed E-state index contributed by atoms with van der Waals surface area (Å²) >= 11 is 0. The molecule has 3 nitrogen and oxygen atoms in total. The lowest BCUT2D eigenvalue weighted by atomic mass is 9.37. The van der Waals surface area contributed by atoms with Crippen LogP contribution in [-0.2, 0) is 0 Å². The van der Waals surface area contributed by atoms with Gasteiger partial charge in [-0.05, 0) is 40.3 Å². The summed E-state index contributed by atoms with van der Waals surface area (Å²) < 4.78 is 42.3. The Hall–Kier alpha value is -3.79. The van der Waals surface area contributed by atoms with Gasteiger partial charge in [0, 0.05) is 11.1 Å². The Balaban J connectivity index is 1.61. The smallest absolute Gasteiger partial charge is 0.248 e. The zero-order chi connectivity index (χ0) is 22.2. The van der Waals surface area contributed by atoms with Crippen LogP contribution in [0.2, 0.25) is 0 Å². The van der Waals surface area contributed by atoms with Crippen LogP contribution in [0.1, 0.15) is 5.48 Å². The second kappa shape index (κ2) is 4.61. The van der Waals surface area contributed by atoms with Gasteiger partial charge in [-0.3, -0.25) is 4.57 Å². The van der Waals surface area contributed by atoms with Crippen molar-refractivity contribution < 1.29 is 9.90 Å². The van der Waals surface area contributed by atoms with Crippen molar-refractivity contribution in [3.05, 3.63) is 79.0 Å². The highest BCUT2D eigenvalue weighted by Crippen LogP contribution is 2.37. The lowest BCUT2D eigenvalue weighted by molar-refractivity contribution is 0.669. The fourth-order valence-electron chi connectivity index (χ4n) is 5.32. The predicted molar refractivity (Wildman–Crippen MR) is 118 cm³/mol. The van der Waals surface area contributed by atoms with Gasteiger partial charge in [0.1, 0.15) is 23.0 Å². The molecule has 0 amide bonds. The van der Waals surface area contributed by atoms with Crippen LogP contribution in [0.3, 0.4) is 0 Å². The first-order valence-electron chi connectivity index (χ1n) is 11.6. The number of para-hydroxylation sites is 1. The molecular weight excluding hydrogens is 355 g/mol. The summed E-state index contributed by atoms with van der Waals surface area (Å²) in [6.07, 6.45) is 1.83. The highest BCUT2D eigenvalue weighted by molar-refractivity contribution is 7.01. The Morgan fingerprint density at radius 1 is 0.931 bits per heavy atom. The minimum atomic E-state index is -0.309. The number of benzene rings is 4. The molecule has 4 aromatic carbocycles. The van der Waals surface area contributed by atoms with Crippen molar-refractivity contribution in [3.8, 4) is 16.8 Å². The van der Waals surface area contributed by atoms with Crippen LogP contribution in [0.15, 0.2) is 83.4 Å². The topological polar surface area (TPSA) is 31.0 Å². The molecule has 4 heterocycles. The van der Waals surface area contributed by atoms with E-state index in [9.17, 15) is 0 Å². The molecule has 132 valence electrons. The quantitative estimate of drug-likeness (QED) is 0.380. The third kappa shape index (κ3) is 1.50. The molecule has 2 aliphatic rings. The van der Waals surface area contributed by atoms with E-state index < -0.39 is 0 Å². The van der Waals surface area contributed by atoms with E-state index in [1.807, 2.05) is 54.9 Å². The molecule has 0 atom stereocenters. The van der Waals surface area contributed by atoms with Gasteiger partial charge in [0.2, 0.25) is 6.71 Å². The van der Waals surface area contributed by atoms with Crippen LogP contribution >= 0.6 is 0 Å². The number of fused-ring (bicyclic) bond motifs is 9. The van der Waals surface area contributed by atoms with Crippen molar-refractivity contribution in [2.24, 2.45) is 0 Å². The van der Waals surface area contributed by atoms with Crippen LogP contribution in [0.25, 0.3) is 49.8 Å². The summed E-state index contributed by atoms with van der Waals surface area (Å²) in [6, 6.07) is 15.5. The Morgan fingerprint density at radius 3 is 2.86 bits per heavy atom. The van der Waals surface area contributed by atoms with Gasteiger partial charge in [0.05, 0.1) is 16.4 Å². The largest absolute Gasteiger partial charge is 0.456 e. The minimum absolute atomic E-state index is 0.0117. The second-order valence-corrected chi connectivity index (χ2v) is 7.71. The van der Waals surface area contributed by atoms with E-state index >= 15 is 0 Å². The summed E-state index contributed by atoms with van der Waals surface area (Å²) in [6.45, 7) is -0.309. The molecule has 0 unspecified atom stereocenters. The molecule has 2 aliphatic heterocycles. The molecule has 0 spiro atoms. The average Bonchev–Trinajstić information content (AvgIpc) is 3.52. The van der Waals surface area contributed by atoms with E-state index in [0.717, 1.165) is 55.1 Å². The monoisotopic (exact) mass is 372 g/mol. The molecular formula is C25H13BN2O. The van der Waals surface area contributed by atoms with Crippen molar-refractivity contribution in [1.82, 2.24) is 9.55 Å². The van der Waals surface area contributed by atoms with Gasteiger partial charge < -0.3 is 4.42 Å². The normalized spacial score (nSPS) is 15.4. The summed E-state index contributed by atoms with van der Waals surface area (Å²) in [4.78, 5) is 4.81. The zero-order valence-corrected chi connectivity index (χ0v) is 15.1. The number of hydrogen-bond donors (Lipinski definition) is 0. The lowest BCUT2D eigenvalue weighted by Gasteiger charge is -2.23. The van der Waals surface area contributed by atoms with E-state index in [-0.39, 0.29) is 30.9 Å². The molecule has 6 aromatic rings. The van der Waals surface area contributed by atoms with E-state index in [1.54, 1.807) is 0 Å². The van der Waals surface area contributed by atoms with Gasteiger partial charge in [-0.15, -0.1) is 0 Å².